The highest BCUT2D eigenvalue weighted by molar-refractivity contribution is 6.30. The third-order valence-electron chi connectivity index (χ3n) is 4.17. The Balaban J connectivity index is 0.00000225. The average Bonchev–Trinajstić information content (AvgIpc) is 2.59. The van der Waals surface area contributed by atoms with Crippen molar-refractivity contribution in [3.63, 3.8) is 0 Å². The highest BCUT2D eigenvalue weighted by Crippen LogP contribution is 2.22. The lowest BCUT2D eigenvalue weighted by Gasteiger charge is -2.27. The van der Waals surface area contributed by atoms with Crippen molar-refractivity contribution in [1.29, 1.82) is 0 Å². The van der Waals surface area contributed by atoms with Gasteiger partial charge in [0.1, 0.15) is 5.75 Å². The first-order valence-corrected chi connectivity index (χ1v) is 8.52. The van der Waals surface area contributed by atoms with E-state index in [4.69, 9.17) is 16.3 Å². The zero-order chi connectivity index (χ0) is 16.9. The van der Waals surface area contributed by atoms with E-state index in [1.807, 2.05) is 6.07 Å². The number of benzene rings is 2. The minimum absolute atomic E-state index is 0. The maximum absolute atomic E-state index is 12.3. The number of ether oxygens (including phenoxy) is 1. The van der Waals surface area contributed by atoms with Gasteiger partial charge in [0.05, 0.1) is 0 Å². The monoisotopic (exact) mass is 380 g/mol. The van der Waals surface area contributed by atoms with Gasteiger partial charge in [-0.15, -0.1) is 12.4 Å². The quantitative estimate of drug-likeness (QED) is 0.833. The van der Waals surface area contributed by atoms with Crippen LogP contribution in [0.5, 0.6) is 5.75 Å². The van der Waals surface area contributed by atoms with Gasteiger partial charge in [0.2, 0.25) is 0 Å². The number of amides is 1. The van der Waals surface area contributed by atoms with Crippen molar-refractivity contribution >= 4 is 29.9 Å². The van der Waals surface area contributed by atoms with E-state index < -0.39 is 6.10 Å². The van der Waals surface area contributed by atoms with Crippen molar-refractivity contribution in [1.82, 2.24) is 10.6 Å². The van der Waals surface area contributed by atoms with Crippen molar-refractivity contribution < 1.29 is 9.53 Å². The molecule has 2 aromatic carbocycles. The van der Waals surface area contributed by atoms with Gasteiger partial charge >= 0.3 is 0 Å². The zero-order valence-corrected chi connectivity index (χ0v) is 15.6. The predicted molar refractivity (Wildman–Crippen MR) is 103 cm³/mol. The molecule has 2 aromatic rings. The Morgan fingerprint density at radius 3 is 2.92 bits per heavy atom. The molecule has 4 nitrogen and oxygen atoms in total. The first-order chi connectivity index (χ1) is 11.6. The summed E-state index contributed by atoms with van der Waals surface area (Å²) in [5, 5.41) is 7.01. The van der Waals surface area contributed by atoms with Crippen molar-refractivity contribution in [2.75, 3.05) is 13.1 Å². The first kappa shape index (κ1) is 19.6. The van der Waals surface area contributed by atoms with E-state index in [1.54, 1.807) is 31.2 Å². The van der Waals surface area contributed by atoms with Crippen LogP contribution >= 0.6 is 24.0 Å². The lowest BCUT2D eigenvalue weighted by molar-refractivity contribution is -0.127. The van der Waals surface area contributed by atoms with Crippen molar-refractivity contribution in [3.8, 4) is 5.75 Å². The Bertz CT molecular complexity index is 724. The smallest absolute Gasteiger partial charge is 0.260 e. The van der Waals surface area contributed by atoms with Crippen LogP contribution in [0.2, 0.25) is 5.02 Å². The summed E-state index contributed by atoms with van der Waals surface area (Å²) in [6.07, 6.45) is 0.442. The summed E-state index contributed by atoms with van der Waals surface area (Å²) in [5.74, 6) is 0.450. The summed E-state index contributed by atoms with van der Waals surface area (Å²) >= 11 is 5.93. The average molecular weight is 381 g/mol. The molecule has 6 heteroatoms. The van der Waals surface area contributed by atoms with E-state index in [9.17, 15) is 4.79 Å². The second-order valence-electron chi connectivity index (χ2n) is 5.92. The zero-order valence-electron chi connectivity index (χ0n) is 14.0. The Morgan fingerprint density at radius 1 is 1.32 bits per heavy atom. The van der Waals surface area contributed by atoms with Gasteiger partial charge in [-0.25, -0.2) is 0 Å². The number of nitrogens with one attached hydrogen (secondary N) is 2. The molecule has 2 N–H and O–H groups in total. The van der Waals surface area contributed by atoms with Crippen LogP contribution in [0.4, 0.5) is 0 Å². The number of halogens is 2. The normalized spacial score (nSPS) is 17.0. The van der Waals surface area contributed by atoms with E-state index in [-0.39, 0.29) is 24.4 Å². The summed E-state index contributed by atoms with van der Waals surface area (Å²) in [4.78, 5) is 12.3. The van der Waals surface area contributed by atoms with Gasteiger partial charge in [0.15, 0.2) is 6.10 Å². The van der Waals surface area contributed by atoms with Crippen molar-refractivity contribution in [2.24, 2.45) is 0 Å². The number of hydrogen-bond donors (Lipinski definition) is 2. The van der Waals surface area contributed by atoms with Gasteiger partial charge in [0, 0.05) is 17.6 Å². The summed E-state index contributed by atoms with van der Waals surface area (Å²) < 4.78 is 5.65. The second-order valence-corrected chi connectivity index (χ2v) is 6.35. The van der Waals surface area contributed by atoms with Crippen LogP contribution in [0.1, 0.15) is 24.1 Å². The predicted octanol–water partition coefficient (Wildman–Crippen LogP) is 3.53. The molecule has 1 heterocycles. The molecule has 0 aliphatic carbocycles. The maximum Gasteiger partial charge on any atom is 0.260 e. The van der Waals surface area contributed by atoms with Gasteiger partial charge < -0.3 is 15.4 Å². The highest BCUT2D eigenvalue weighted by Gasteiger charge is 2.21. The molecule has 1 aliphatic rings. The van der Waals surface area contributed by atoms with Crippen LogP contribution in [0, 0.1) is 0 Å². The van der Waals surface area contributed by atoms with Gasteiger partial charge in [-0.1, -0.05) is 41.9 Å². The van der Waals surface area contributed by atoms with Crippen molar-refractivity contribution in [3.05, 3.63) is 64.7 Å². The van der Waals surface area contributed by atoms with Crippen LogP contribution in [0.25, 0.3) is 0 Å². The molecule has 1 amide bonds. The molecule has 134 valence electrons. The molecular formula is C19H22Cl2N2O2. The Hall–Kier alpha value is -1.75. The molecule has 0 bridgehead atoms. The Morgan fingerprint density at radius 2 is 2.12 bits per heavy atom. The molecule has 0 saturated carbocycles. The number of fused-ring (bicyclic) bond motifs is 1. The van der Waals surface area contributed by atoms with E-state index >= 15 is 0 Å². The van der Waals surface area contributed by atoms with Gasteiger partial charge in [-0.3, -0.25) is 4.79 Å². The molecule has 1 aliphatic heterocycles. The fraction of sp³-hybridized carbons (Fsp3) is 0.316. The molecule has 2 unspecified atom stereocenters. The summed E-state index contributed by atoms with van der Waals surface area (Å²) in [6.45, 7) is 3.20. The van der Waals surface area contributed by atoms with Gasteiger partial charge in [0.25, 0.3) is 5.91 Å². The molecule has 0 aromatic heterocycles. The van der Waals surface area contributed by atoms with E-state index in [0.717, 1.165) is 13.0 Å². The van der Waals surface area contributed by atoms with E-state index in [2.05, 4.69) is 28.8 Å². The summed E-state index contributed by atoms with van der Waals surface area (Å²) in [6, 6.07) is 15.5. The van der Waals surface area contributed by atoms with E-state index in [1.165, 1.54) is 11.1 Å². The topological polar surface area (TPSA) is 50.4 Å². The number of rotatable bonds is 5. The number of carbonyl (C=O) groups is 1. The molecular weight excluding hydrogens is 359 g/mol. The van der Waals surface area contributed by atoms with Crippen LogP contribution in [0.15, 0.2) is 48.5 Å². The molecule has 0 saturated heterocycles. The fourth-order valence-electron chi connectivity index (χ4n) is 2.92. The third-order valence-corrected chi connectivity index (χ3v) is 4.41. The third kappa shape index (κ3) is 5.11. The standard InChI is InChI=1S/C19H21ClN2O2.ClH/c1-13(24-16-7-4-6-15(20)11-16)19(23)22-12-18-17-8-3-2-5-14(17)9-10-21-18;/h2-8,11,13,18,21H,9-10,12H2,1H3,(H,22,23);1H. The molecule has 0 spiro atoms. The minimum Gasteiger partial charge on any atom is -0.481 e. The molecule has 0 radical (unpaired) electrons. The SMILES string of the molecule is CC(Oc1cccc(Cl)c1)C(=O)NCC1NCCc2ccccc21.Cl. The first-order valence-electron chi connectivity index (χ1n) is 8.14. The second kappa shape index (κ2) is 9.09. The molecule has 25 heavy (non-hydrogen) atoms. The van der Waals surface area contributed by atoms with Crippen LogP contribution in [0.3, 0.4) is 0 Å². The Labute approximate surface area is 159 Å². The van der Waals surface area contributed by atoms with Crippen molar-refractivity contribution in [2.45, 2.75) is 25.5 Å². The fourth-order valence-corrected chi connectivity index (χ4v) is 3.10. The lowest BCUT2D eigenvalue weighted by atomic mass is 9.94. The maximum atomic E-state index is 12.3. The molecule has 3 rings (SSSR count). The van der Waals surface area contributed by atoms with Gasteiger partial charge in [-0.2, -0.15) is 0 Å². The van der Waals surface area contributed by atoms with Gasteiger partial charge in [-0.05, 0) is 49.2 Å². The highest BCUT2D eigenvalue weighted by atomic mass is 35.5. The summed E-state index contributed by atoms with van der Waals surface area (Å²) in [5.41, 5.74) is 2.60. The van der Waals surface area contributed by atoms with Crippen LogP contribution in [-0.2, 0) is 11.2 Å². The van der Waals surface area contributed by atoms with Crippen LogP contribution < -0.4 is 15.4 Å². The molecule has 0 fully saturated rings. The number of carbonyl (C=O) groups excluding carboxylic acids is 1. The largest absolute Gasteiger partial charge is 0.481 e. The summed E-state index contributed by atoms with van der Waals surface area (Å²) in [7, 11) is 0. The van der Waals surface area contributed by atoms with E-state index in [0.29, 0.717) is 17.3 Å². The Kier molecular flexibility index (Phi) is 7.12. The lowest BCUT2D eigenvalue weighted by Crippen LogP contribution is -2.43. The van der Waals surface area contributed by atoms with Crippen LogP contribution in [-0.4, -0.2) is 25.1 Å². The molecule has 2 atom stereocenters. The number of hydrogen-bond acceptors (Lipinski definition) is 3. The minimum atomic E-state index is -0.581.